The summed E-state index contributed by atoms with van der Waals surface area (Å²) >= 11 is 14.7. The van der Waals surface area contributed by atoms with Crippen LogP contribution in [-0.2, 0) is 15.3 Å². The van der Waals surface area contributed by atoms with Crippen molar-refractivity contribution in [3.8, 4) is 0 Å². The highest BCUT2D eigenvalue weighted by Crippen LogP contribution is 2.45. The van der Waals surface area contributed by atoms with E-state index in [1.165, 1.54) is 30.0 Å². The van der Waals surface area contributed by atoms with Crippen molar-refractivity contribution in [1.82, 2.24) is 10.2 Å². The highest BCUT2D eigenvalue weighted by atomic mass is 35.5. The normalized spacial score (nSPS) is 16.7. The maximum absolute atomic E-state index is 15.1. The number of halogens is 3. The molecule has 11 heteroatoms. The number of nitrogens with zero attached hydrogens (tertiary/aromatic N) is 3. The van der Waals surface area contributed by atoms with Crippen LogP contribution in [0.1, 0.15) is 33.9 Å². The highest BCUT2D eigenvalue weighted by molar-refractivity contribution is 8.00. The number of Topliss-reactive ketones (excluding diaryl/α,β-unsaturated/α-hetero) is 1. The van der Waals surface area contributed by atoms with Gasteiger partial charge in [0.2, 0.25) is 5.13 Å². The SMILES string of the molecule is Cc1ccc(C)c(C(O)=C2C(=O)C(=O)N(c3nnc(SCc4ccc(Cl)cc4Cl)s3)C2c2ccccc2F)c1. The number of rotatable bonds is 6. The summed E-state index contributed by atoms with van der Waals surface area (Å²) in [7, 11) is 0. The molecule has 1 fully saturated rings. The molecule has 0 saturated carbocycles. The van der Waals surface area contributed by atoms with Crippen molar-refractivity contribution in [2.45, 2.75) is 30.0 Å². The summed E-state index contributed by atoms with van der Waals surface area (Å²) < 4.78 is 15.6. The zero-order chi connectivity index (χ0) is 27.8. The smallest absolute Gasteiger partial charge is 0.301 e. The second-order valence-electron chi connectivity index (χ2n) is 8.88. The predicted molar refractivity (Wildman–Crippen MR) is 153 cm³/mol. The molecular formula is C28H20Cl2FN3O3S2. The number of aryl methyl sites for hydroxylation is 2. The fourth-order valence-electron chi connectivity index (χ4n) is 4.29. The van der Waals surface area contributed by atoms with Gasteiger partial charge in [0.05, 0.1) is 5.57 Å². The van der Waals surface area contributed by atoms with Crippen molar-refractivity contribution in [1.29, 1.82) is 0 Å². The largest absolute Gasteiger partial charge is 0.507 e. The third kappa shape index (κ3) is 5.32. The van der Waals surface area contributed by atoms with Gasteiger partial charge in [0, 0.05) is 26.9 Å². The molecule has 198 valence electrons. The van der Waals surface area contributed by atoms with Crippen LogP contribution in [0.4, 0.5) is 9.52 Å². The molecule has 0 bridgehead atoms. The van der Waals surface area contributed by atoms with Gasteiger partial charge in [-0.1, -0.05) is 88.3 Å². The lowest BCUT2D eigenvalue weighted by Crippen LogP contribution is -2.29. The average molecular weight is 601 g/mol. The lowest BCUT2D eigenvalue weighted by Gasteiger charge is -2.23. The predicted octanol–water partition coefficient (Wildman–Crippen LogP) is 7.52. The molecule has 0 aliphatic carbocycles. The Hall–Kier alpha value is -3.24. The maximum atomic E-state index is 15.1. The number of carbonyl (C=O) groups is 2. The van der Waals surface area contributed by atoms with Crippen LogP contribution < -0.4 is 4.90 Å². The van der Waals surface area contributed by atoms with Crippen molar-refractivity contribution in [2.24, 2.45) is 0 Å². The van der Waals surface area contributed by atoms with E-state index in [4.69, 9.17) is 23.2 Å². The lowest BCUT2D eigenvalue weighted by molar-refractivity contribution is -0.132. The zero-order valence-electron chi connectivity index (χ0n) is 20.6. The van der Waals surface area contributed by atoms with E-state index in [1.807, 2.05) is 19.1 Å². The maximum Gasteiger partial charge on any atom is 0.301 e. The molecule has 39 heavy (non-hydrogen) atoms. The first kappa shape index (κ1) is 27.3. The Labute approximate surface area is 242 Å². The Kier molecular flexibility index (Phi) is 7.77. The van der Waals surface area contributed by atoms with E-state index in [2.05, 4.69) is 10.2 Å². The van der Waals surface area contributed by atoms with Crippen LogP contribution in [0, 0.1) is 19.7 Å². The molecule has 1 aliphatic rings. The molecule has 6 nitrogen and oxygen atoms in total. The van der Waals surface area contributed by atoms with E-state index in [-0.39, 0.29) is 22.0 Å². The van der Waals surface area contributed by atoms with Crippen LogP contribution in [0.2, 0.25) is 10.0 Å². The van der Waals surface area contributed by atoms with Crippen LogP contribution >= 0.6 is 46.3 Å². The Morgan fingerprint density at radius 3 is 2.59 bits per heavy atom. The van der Waals surface area contributed by atoms with Gasteiger partial charge < -0.3 is 5.11 Å². The van der Waals surface area contributed by atoms with E-state index < -0.39 is 23.5 Å². The number of carbonyl (C=O) groups excluding carboxylic acids is 2. The number of aliphatic hydroxyl groups excluding tert-OH is 1. The average Bonchev–Trinajstić information content (AvgIpc) is 3.47. The molecule has 1 aromatic heterocycles. The Balaban J connectivity index is 1.57. The van der Waals surface area contributed by atoms with Gasteiger partial charge in [0.15, 0.2) is 4.34 Å². The topological polar surface area (TPSA) is 83.4 Å². The van der Waals surface area contributed by atoms with Gasteiger partial charge in [-0.15, -0.1) is 10.2 Å². The Morgan fingerprint density at radius 1 is 1.08 bits per heavy atom. The second-order valence-corrected chi connectivity index (χ2v) is 11.9. The molecule has 5 rings (SSSR count). The van der Waals surface area contributed by atoms with Gasteiger partial charge in [-0.3, -0.25) is 14.5 Å². The van der Waals surface area contributed by atoms with E-state index in [0.717, 1.165) is 27.4 Å². The molecule has 3 aromatic carbocycles. The summed E-state index contributed by atoms with van der Waals surface area (Å²) in [6, 6.07) is 15.2. The minimum absolute atomic E-state index is 0.0564. The van der Waals surface area contributed by atoms with Crippen molar-refractivity contribution < 1.29 is 19.1 Å². The monoisotopic (exact) mass is 599 g/mol. The van der Waals surface area contributed by atoms with Gasteiger partial charge >= 0.3 is 5.91 Å². The number of ketones is 1. The summed E-state index contributed by atoms with van der Waals surface area (Å²) in [5.74, 6) is -2.39. The standard InChI is InChI=1S/C28H20Cl2FN3O3S2/c1-14-7-8-15(2)19(11-14)24(35)22-23(18-5-3-4-6-21(18)31)34(26(37)25(22)36)27-32-33-28(39-27)38-13-16-9-10-17(29)12-20(16)30/h3-12,23,35H,13H2,1-2H3. The first-order valence-corrected chi connectivity index (χ1v) is 14.2. The van der Waals surface area contributed by atoms with Crippen LogP contribution in [0.3, 0.4) is 0 Å². The summed E-state index contributed by atoms with van der Waals surface area (Å²) in [4.78, 5) is 27.9. The van der Waals surface area contributed by atoms with Gasteiger partial charge in [-0.05, 0) is 49.2 Å². The summed E-state index contributed by atoms with van der Waals surface area (Å²) in [5, 5.41) is 20.8. The van der Waals surface area contributed by atoms with Crippen molar-refractivity contribution >= 4 is 68.9 Å². The number of benzene rings is 3. The summed E-state index contributed by atoms with van der Waals surface area (Å²) in [6.45, 7) is 3.63. The van der Waals surface area contributed by atoms with Crippen LogP contribution in [0.25, 0.3) is 5.76 Å². The summed E-state index contributed by atoms with van der Waals surface area (Å²) in [6.07, 6.45) is 0. The van der Waals surface area contributed by atoms with Crippen molar-refractivity contribution in [3.63, 3.8) is 0 Å². The zero-order valence-corrected chi connectivity index (χ0v) is 23.8. The van der Waals surface area contributed by atoms with E-state index in [0.29, 0.717) is 31.3 Å². The quantitative estimate of drug-likeness (QED) is 0.0811. The van der Waals surface area contributed by atoms with E-state index >= 15 is 4.39 Å². The number of anilines is 1. The molecule has 1 unspecified atom stereocenters. The number of amides is 1. The van der Waals surface area contributed by atoms with Crippen molar-refractivity contribution in [2.75, 3.05) is 4.90 Å². The summed E-state index contributed by atoms with van der Waals surface area (Å²) in [5.41, 5.74) is 2.63. The van der Waals surface area contributed by atoms with Crippen molar-refractivity contribution in [3.05, 3.63) is 110 Å². The number of thioether (sulfide) groups is 1. The van der Waals surface area contributed by atoms with Crippen LogP contribution in [0.15, 0.2) is 70.6 Å². The minimum Gasteiger partial charge on any atom is -0.507 e. The fourth-order valence-corrected chi connectivity index (χ4v) is 6.72. The fraction of sp³-hybridized carbons (Fsp3) is 0.143. The van der Waals surface area contributed by atoms with E-state index in [1.54, 1.807) is 37.3 Å². The third-order valence-electron chi connectivity index (χ3n) is 6.26. The van der Waals surface area contributed by atoms with Gasteiger partial charge in [0.25, 0.3) is 5.78 Å². The van der Waals surface area contributed by atoms with Gasteiger partial charge in [-0.2, -0.15) is 0 Å². The molecule has 1 saturated heterocycles. The molecule has 1 aliphatic heterocycles. The molecular weight excluding hydrogens is 580 g/mol. The minimum atomic E-state index is -1.23. The number of hydrogen-bond acceptors (Lipinski definition) is 7. The number of aliphatic hydroxyl groups is 1. The lowest BCUT2D eigenvalue weighted by atomic mass is 9.93. The molecule has 1 N–H and O–H groups in total. The number of aromatic nitrogens is 2. The molecule has 2 heterocycles. The third-order valence-corrected chi connectivity index (χ3v) is 8.95. The molecule has 4 aromatic rings. The molecule has 1 atom stereocenters. The first-order chi connectivity index (χ1) is 18.7. The Bertz CT molecular complexity index is 1660. The first-order valence-electron chi connectivity index (χ1n) is 11.7. The molecule has 1 amide bonds. The number of hydrogen-bond donors (Lipinski definition) is 1. The van der Waals surface area contributed by atoms with Crippen LogP contribution in [-0.4, -0.2) is 27.0 Å². The molecule has 0 radical (unpaired) electrons. The highest BCUT2D eigenvalue weighted by Gasteiger charge is 2.49. The van der Waals surface area contributed by atoms with Crippen LogP contribution in [0.5, 0.6) is 0 Å². The molecule has 0 spiro atoms. The second kappa shape index (κ2) is 11.1. The van der Waals surface area contributed by atoms with Gasteiger partial charge in [-0.25, -0.2) is 4.39 Å². The van der Waals surface area contributed by atoms with E-state index in [9.17, 15) is 14.7 Å². The van der Waals surface area contributed by atoms with Gasteiger partial charge in [0.1, 0.15) is 17.6 Å². The Morgan fingerprint density at radius 2 is 1.85 bits per heavy atom.